The molecule has 0 rings (SSSR count). The van der Waals surface area contributed by atoms with Crippen LogP contribution in [0, 0.1) is 11.8 Å². The standard InChI is InChI=1S/C27H56O4.8CH4/c1-5-9-17-28-21-13-26(14-22-29-18-10-6-2)25-27(15-23-30-19-11-7-3)16-24-31-20-12-8-4;;;;;;;;/h26-27H,5-25H2,1-4H3;8*1H4. The maximum atomic E-state index is 5.89. The summed E-state index contributed by atoms with van der Waals surface area (Å²) in [5.74, 6) is 1.33. The summed E-state index contributed by atoms with van der Waals surface area (Å²) in [5, 5.41) is 0. The Hall–Kier alpha value is -0.160. The molecule has 0 radical (unpaired) electrons. The number of ether oxygens (including phenoxy) is 4. The van der Waals surface area contributed by atoms with E-state index in [0.717, 1.165) is 104 Å². The lowest BCUT2D eigenvalue weighted by Crippen LogP contribution is -2.17. The summed E-state index contributed by atoms with van der Waals surface area (Å²) in [6.45, 7) is 16.0. The summed E-state index contributed by atoms with van der Waals surface area (Å²) < 4.78 is 23.6. The molecule has 0 heterocycles. The van der Waals surface area contributed by atoms with Gasteiger partial charge in [-0.2, -0.15) is 0 Å². The zero-order valence-electron chi connectivity index (χ0n) is 21.6. The minimum atomic E-state index is 0. The van der Waals surface area contributed by atoms with Crippen LogP contribution >= 0.6 is 0 Å². The van der Waals surface area contributed by atoms with Crippen molar-refractivity contribution in [3.63, 3.8) is 0 Å². The summed E-state index contributed by atoms with van der Waals surface area (Å²) >= 11 is 0. The second kappa shape index (κ2) is 54.0. The molecule has 0 atom stereocenters. The maximum Gasteiger partial charge on any atom is 0.0468 e. The van der Waals surface area contributed by atoms with E-state index in [-0.39, 0.29) is 59.4 Å². The van der Waals surface area contributed by atoms with Gasteiger partial charge < -0.3 is 18.9 Å². The first kappa shape index (κ1) is 62.5. The van der Waals surface area contributed by atoms with Gasteiger partial charge in [0.05, 0.1) is 0 Å². The van der Waals surface area contributed by atoms with E-state index in [2.05, 4.69) is 27.7 Å². The van der Waals surface area contributed by atoms with Gasteiger partial charge in [-0.05, 0) is 69.6 Å². The molecule has 4 nitrogen and oxygen atoms in total. The monoisotopic (exact) mass is 573 g/mol. The predicted molar refractivity (Wildman–Crippen MR) is 187 cm³/mol. The SMILES string of the molecule is C.C.C.C.C.C.C.C.CCCCOCCC(CCOCCCC)CC(CCOCCCC)CCOCCCC. The van der Waals surface area contributed by atoms with Crippen molar-refractivity contribution in [2.45, 2.75) is 171 Å². The predicted octanol–water partition coefficient (Wildman–Crippen LogP) is 12.5. The minimum absolute atomic E-state index is 0. The van der Waals surface area contributed by atoms with Gasteiger partial charge in [-0.15, -0.1) is 0 Å². The summed E-state index contributed by atoms with van der Waals surface area (Å²) in [4.78, 5) is 0. The first-order valence-corrected chi connectivity index (χ1v) is 13.6. The second-order valence-electron chi connectivity index (χ2n) is 8.99. The average molecular weight is 573 g/mol. The Labute approximate surface area is 254 Å². The van der Waals surface area contributed by atoms with E-state index in [0.29, 0.717) is 11.8 Å². The van der Waals surface area contributed by atoms with Crippen LogP contribution in [0.4, 0.5) is 0 Å². The van der Waals surface area contributed by atoms with Gasteiger partial charge in [-0.3, -0.25) is 0 Å². The molecule has 0 amide bonds. The van der Waals surface area contributed by atoms with E-state index in [1.807, 2.05) is 0 Å². The molecule has 0 saturated heterocycles. The lowest BCUT2D eigenvalue weighted by atomic mass is 9.86. The lowest BCUT2D eigenvalue weighted by Gasteiger charge is -2.24. The highest BCUT2D eigenvalue weighted by atomic mass is 16.5. The molecule has 0 spiro atoms. The fourth-order valence-electron chi connectivity index (χ4n) is 3.63. The Kier molecular flexibility index (Phi) is 86.5. The normalized spacial score (nSPS) is 9.38. The molecular weight excluding hydrogens is 484 g/mol. The van der Waals surface area contributed by atoms with Gasteiger partial charge >= 0.3 is 0 Å². The van der Waals surface area contributed by atoms with Gasteiger partial charge in [0.15, 0.2) is 0 Å². The van der Waals surface area contributed by atoms with E-state index in [1.165, 1.54) is 32.1 Å². The van der Waals surface area contributed by atoms with Crippen LogP contribution in [0.3, 0.4) is 0 Å². The van der Waals surface area contributed by atoms with Crippen LogP contribution in [-0.2, 0) is 18.9 Å². The minimum Gasteiger partial charge on any atom is -0.381 e. The Morgan fingerprint density at radius 2 is 0.538 bits per heavy atom. The molecule has 0 saturated carbocycles. The smallest absolute Gasteiger partial charge is 0.0468 e. The Morgan fingerprint density at radius 3 is 0.718 bits per heavy atom. The van der Waals surface area contributed by atoms with Gasteiger partial charge in [0.2, 0.25) is 0 Å². The molecule has 0 aliphatic heterocycles. The first-order chi connectivity index (χ1) is 15.3. The van der Waals surface area contributed by atoms with Crippen molar-refractivity contribution in [2.24, 2.45) is 11.8 Å². The highest BCUT2D eigenvalue weighted by molar-refractivity contribution is 4.68. The zero-order chi connectivity index (χ0) is 22.8. The third kappa shape index (κ3) is 47.9. The van der Waals surface area contributed by atoms with Crippen molar-refractivity contribution in [2.75, 3.05) is 52.9 Å². The second-order valence-corrected chi connectivity index (χ2v) is 8.99. The van der Waals surface area contributed by atoms with Crippen LogP contribution in [0.1, 0.15) is 171 Å². The first-order valence-electron chi connectivity index (χ1n) is 13.6. The topological polar surface area (TPSA) is 36.9 Å². The quantitative estimate of drug-likeness (QED) is 0.0966. The van der Waals surface area contributed by atoms with E-state index in [4.69, 9.17) is 18.9 Å². The van der Waals surface area contributed by atoms with Crippen LogP contribution in [-0.4, -0.2) is 52.9 Å². The Bertz CT molecular complexity index is 268. The van der Waals surface area contributed by atoms with Crippen LogP contribution in [0.2, 0.25) is 0 Å². The fraction of sp³-hybridized carbons (Fsp3) is 1.00. The number of unbranched alkanes of at least 4 members (excludes halogenated alkanes) is 4. The van der Waals surface area contributed by atoms with Gasteiger partial charge in [-0.1, -0.05) is 113 Å². The molecule has 0 aromatic rings. The van der Waals surface area contributed by atoms with Gasteiger partial charge in [0.1, 0.15) is 0 Å². The highest BCUT2D eigenvalue weighted by Crippen LogP contribution is 2.25. The van der Waals surface area contributed by atoms with Crippen LogP contribution < -0.4 is 0 Å². The number of hydrogen-bond acceptors (Lipinski definition) is 4. The van der Waals surface area contributed by atoms with Crippen LogP contribution in [0.25, 0.3) is 0 Å². The lowest BCUT2D eigenvalue weighted by molar-refractivity contribution is 0.0706. The van der Waals surface area contributed by atoms with Crippen molar-refractivity contribution >= 4 is 0 Å². The van der Waals surface area contributed by atoms with Crippen LogP contribution in [0.5, 0.6) is 0 Å². The third-order valence-electron chi connectivity index (χ3n) is 5.92. The number of hydrogen-bond donors (Lipinski definition) is 0. The van der Waals surface area contributed by atoms with E-state index < -0.39 is 0 Å². The molecule has 252 valence electrons. The van der Waals surface area contributed by atoms with Gasteiger partial charge in [-0.25, -0.2) is 0 Å². The van der Waals surface area contributed by atoms with E-state index >= 15 is 0 Å². The molecule has 4 heteroatoms. The number of rotatable bonds is 26. The van der Waals surface area contributed by atoms with Gasteiger partial charge in [0, 0.05) is 52.9 Å². The molecule has 39 heavy (non-hydrogen) atoms. The Balaban J connectivity index is -0.000000161. The van der Waals surface area contributed by atoms with Crippen molar-refractivity contribution < 1.29 is 18.9 Å². The zero-order valence-corrected chi connectivity index (χ0v) is 21.6. The summed E-state index contributed by atoms with van der Waals surface area (Å²) in [6, 6.07) is 0. The van der Waals surface area contributed by atoms with Crippen molar-refractivity contribution in [3.8, 4) is 0 Å². The maximum absolute atomic E-state index is 5.89. The van der Waals surface area contributed by atoms with Crippen molar-refractivity contribution in [1.82, 2.24) is 0 Å². The molecular formula is C35H88O4. The summed E-state index contributed by atoms with van der Waals surface area (Å²) in [7, 11) is 0. The van der Waals surface area contributed by atoms with Crippen molar-refractivity contribution in [3.05, 3.63) is 0 Å². The molecule has 0 unspecified atom stereocenters. The third-order valence-corrected chi connectivity index (χ3v) is 5.92. The largest absolute Gasteiger partial charge is 0.381 e. The van der Waals surface area contributed by atoms with Crippen molar-refractivity contribution in [1.29, 1.82) is 0 Å². The van der Waals surface area contributed by atoms with Gasteiger partial charge in [0.25, 0.3) is 0 Å². The molecule has 0 aliphatic rings. The van der Waals surface area contributed by atoms with E-state index in [9.17, 15) is 0 Å². The molecule has 0 N–H and O–H groups in total. The summed E-state index contributed by atoms with van der Waals surface area (Å²) in [6.07, 6.45) is 15.3. The molecule has 0 aliphatic carbocycles. The summed E-state index contributed by atoms with van der Waals surface area (Å²) in [5.41, 5.74) is 0. The van der Waals surface area contributed by atoms with E-state index in [1.54, 1.807) is 0 Å². The highest BCUT2D eigenvalue weighted by Gasteiger charge is 2.17. The molecule has 0 aromatic carbocycles. The molecule has 0 fully saturated rings. The average Bonchev–Trinajstić information content (AvgIpc) is 2.77. The molecule has 0 aromatic heterocycles. The Morgan fingerprint density at radius 1 is 0.333 bits per heavy atom. The molecule has 0 bridgehead atoms. The fourth-order valence-corrected chi connectivity index (χ4v) is 3.63. The van der Waals surface area contributed by atoms with Crippen LogP contribution in [0.15, 0.2) is 0 Å².